The Labute approximate surface area is 162 Å². The van der Waals surface area contributed by atoms with Crippen LogP contribution in [0.15, 0.2) is 65.7 Å². The Kier molecular flexibility index (Phi) is 5.88. The third-order valence-corrected chi connectivity index (χ3v) is 5.52. The van der Waals surface area contributed by atoms with Crippen LogP contribution in [0.4, 0.5) is 5.69 Å². The van der Waals surface area contributed by atoms with Gasteiger partial charge in [0, 0.05) is 17.3 Å². The van der Waals surface area contributed by atoms with E-state index in [2.05, 4.69) is 15.0 Å². The fraction of sp³-hybridized carbons (Fsp3) is 0.158. The number of aromatic nitrogens is 1. The van der Waals surface area contributed by atoms with Gasteiger partial charge in [-0.05, 0) is 48.5 Å². The van der Waals surface area contributed by atoms with E-state index in [-0.39, 0.29) is 4.90 Å². The number of fused-ring (bicyclic) bond motifs is 1. The highest BCUT2D eigenvalue weighted by Gasteiger charge is 2.25. The van der Waals surface area contributed by atoms with Gasteiger partial charge in [-0.15, -0.1) is 0 Å². The van der Waals surface area contributed by atoms with E-state index < -0.39 is 28.6 Å². The number of ether oxygens (including phenoxy) is 1. The van der Waals surface area contributed by atoms with Gasteiger partial charge in [-0.3, -0.25) is 9.78 Å². The van der Waals surface area contributed by atoms with Crippen molar-refractivity contribution in [1.82, 2.24) is 9.71 Å². The number of amides is 1. The summed E-state index contributed by atoms with van der Waals surface area (Å²) in [7, 11) is -2.54. The highest BCUT2D eigenvalue weighted by atomic mass is 32.2. The standard InChI is InChI=1S/C19H19N3O5S/c1-27-15-5-7-16(8-6-15)28(25,26)22-18(12-23)19(24)21-14-4-9-17-13(11-14)3-2-10-20-17/h2-11,18,22-23H,12H2,1H3,(H,21,24)/t18-/m0/s1. The van der Waals surface area contributed by atoms with E-state index in [1.165, 1.54) is 31.4 Å². The Bertz CT molecular complexity index is 1080. The molecule has 0 spiro atoms. The zero-order chi connectivity index (χ0) is 20.1. The number of anilines is 1. The van der Waals surface area contributed by atoms with Gasteiger partial charge in [-0.25, -0.2) is 8.42 Å². The molecule has 0 saturated carbocycles. The van der Waals surface area contributed by atoms with Gasteiger partial charge in [0.1, 0.15) is 11.8 Å². The number of carbonyl (C=O) groups excluding carboxylic acids is 1. The van der Waals surface area contributed by atoms with Crippen molar-refractivity contribution in [2.75, 3.05) is 19.0 Å². The van der Waals surface area contributed by atoms with Crippen molar-refractivity contribution in [3.05, 3.63) is 60.8 Å². The monoisotopic (exact) mass is 401 g/mol. The number of sulfonamides is 1. The molecule has 0 unspecified atom stereocenters. The molecule has 3 N–H and O–H groups in total. The maximum Gasteiger partial charge on any atom is 0.244 e. The second-order valence-electron chi connectivity index (χ2n) is 5.93. The Morgan fingerprint density at radius 1 is 1.18 bits per heavy atom. The van der Waals surface area contributed by atoms with Crippen LogP contribution in [0.25, 0.3) is 10.9 Å². The number of rotatable bonds is 7. The normalized spacial score (nSPS) is 12.5. The molecule has 1 aromatic heterocycles. The predicted molar refractivity (Wildman–Crippen MR) is 105 cm³/mol. The number of pyridine rings is 1. The van der Waals surface area contributed by atoms with E-state index in [9.17, 15) is 18.3 Å². The van der Waals surface area contributed by atoms with Crippen LogP contribution in [0.2, 0.25) is 0 Å². The molecule has 0 aliphatic rings. The number of carbonyl (C=O) groups is 1. The number of aliphatic hydroxyl groups excluding tert-OH is 1. The molecule has 3 aromatic rings. The van der Waals surface area contributed by atoms with Crippen LogP contribution in [-0.4, -0.2) is 44.2 Å². The first kappa shape index (κ1) is 19.7. The van der Waals surface area contributed by atoms with Crippen molar-refractivity contribution >= 4 is 32.5 Å². The Hall–Kier alpha value is -3.01. The predicted octanol–water partition coefficient (Wildman–Crippen LogP) is 1.52. The first-order chi connectivity index (χ1) is 13.4. The summed E-state index contributed by atoms with van der Waals surface area (Å²) in [6.45, 7) is -0.698. The van der Waals surface area contributed by atoms with Crippen LogP contribution >= 0.6 is 0 Å². The first-order valence-electron chi connectivity index (χ1n) is 8.36. The molecular weight excluding hydrogens is 382 g/mol. The summed E-state index contributed by atoms with van der Waals surface area (Å²) in [5, 5.41) is 12.9. The van der Waals surface area contributed by atoms with Gasteiger partial charge in [0.25, 0.3) is 0 Å². The van der Waals surface area contributed by atoms with Gasteiger partial charge in [0.05, 0.1) is 24.1 Å². The Balaban J connectivity index is 1.74. The molecule has 146 valence electrons. The average Bonchev–Trinajstić information content (AvgIpc) is 2.72. The number of nitrogens with zero attached hydrogens (tertiary/aromatic N) is 1. The molecule has 9 heteroatoms. The lowest BCUT2D eigenvalue weighted by Crippen LogP contribution is -2.46. The number of hydrogen-bond donors (Lipinski definition) is 3. The van der Waals surface area contributed by atoms with Gasteiger partial charge >= 0.3 is 0 Å². The van der Waals surface area contributed by atoms with Gasteiger partial charge in [-0.1, -0.05) is 6.07 Å². The van der Waals surface area contributed by atoms with Crippen LogP contribution in [-0.2, 0) is 14.8 Å². The molecule has 8 nitrogen and oxygen atoms in total. The summed E-state index contributed by atoms with van der Waals surface area (Å²) in [5.41, 5.74) is 1.23. The highest BCUT2D eigenvalue weighted by molar-refractivity contribution is 7.89. The molecule has 0 fully saturated rings. The first-order valence-corrected chi connectivity index (χ1v) is 9.84. The molecule has 0 aliphatic heterocycles. The molecule has 1 heterocycles. The number of methoxy groups -OCH3 is 1. The summed E-state index contributed by atoms with van der Waals surface area (Å²) >= 11 is 0. The third-order valence-electron chi connectivity index (χ3n) is 4.04. The van der Waals surface area contributed by atoms with Crippen LogP contribution < -0.4 is 14.8 Å². The molecule has 3 rings (SSSR count). The minimum absolute atomic E-state index is 0.0451. The molecule has 0 bridgehead atoms. The van der Waals surface area contributed by atoms with Gasteiger partial charge in [0.15, 0.2) is 0 Å². The van der Waals surface area contributed by atoms with E-state index in [1.54, 1.807) is 30.5 Å². The van der Waals surface area contributed by atoms with E-state index in [0.717, 1.165) is 10.9 Å². The van der Waals surface area contributed by atoms with E-state index in [4.69, 9.17) is 4.74 Å². The smallest absolute Gasteiger partial charge is 0.244 e. The summed E-state index contributed by atoms with van der Waals surface area (Å²) < 4.78 is 32.2. The van der Waals surface area contributed by atoms with Crippen molar-refractivity contribution in [3.63, 3.8) is 0 Å². The van der Waals surface area contributed by atoms with Crippen molar-refractivity contribution in [2.24, 2.45) is 0 Å². The van der Waals surface area contributed by atoms with E-state index in [0.29, 0.717) is 11.4 Å². The minimum atomic E-state index is -4.00. The summed E-state index contributed by atoms with van der Waals surface area (Å²) in [6, 6.07) is 13.1. The van der Waals surface area contributed by atoms with Crippen molar-refractivity contribution in [3.8, 4) is 5.75 Å². The SMILES string of the molecule is COc1ccc(S(=O)(=O)N[C@@H](CO)C(=O)Nc2ccc3ncccc3c2)cc1. The molecule has 0 aliphatic carbocycles. The third kappa shape index (κ3) is 4.45. The second kappa shape index (κ2) is 8.34. The molecule has 2 aromatic carbocycles. The summed E-state index contributed by atoms with van der Waals surface area (Å²) in [5.74, 6) is -0.177. The molecule has 0 saturated heterocycles. The zero-order valence-corrected chi connectivity index (χ0v) is 15.8. The van der Waals surface area contributed by atoms with Crippen LogP contribution in [0.3, 0.4) is 0 Å². The lowest BCUT2D eigenvalue weighted by molar-refractivity contribution is -0.118. The number of nitrogens with one attached hydrogen (secondary N) is 2. The molecule has 1 atom stereocenters. The van der Waals surface area contributed by atoms with E-state index in [1.807, 2.05) is 6.07 Å². The van der Waals surface area contributed by atoms with Crippen molar-refractivity contribution in [2.45, 2.75) is 10.9 Å². The van der Waals surface area contributed by atoms with Crippen LogP contribution in [0.5, 0.6) is 5.75 Å². The Morgan fingerprint density at radius 2 is 1.93 bits per heavy atom. The number of hydrogen-bond acceptors (Lipinski definition) is 6. The van der Waals surface area contributed by atoms with Crippen molar-refractivity contribution < 1.29 is 23.1 Å². The summed E-state index contributed by atoms with van der Waals surface area (Å²) in [6.07, 6.45) is 1.66. The number of benzene rings is 2. The van der Waals surface area contributed by atoms with E-state index >= 15 is 0 Å². The van der Waals surface area contributed by atoms with Gasteiger partial charge in [0.2, 0.25) is 15.9 Å². The van der Waals surface area contributed by atoms with Crippen LogP contribution in [0.1, 0.15) is 0 Å². The average molecular weight is 401 g/mol. The fourth-order valence-electron chi connectivity index (χ4n) is 2.57. The van der Waals surface area contributed by atoms with Gasteiger partial charge in [-0.2, -0.15) is 4.72 Å². The maximum absolute atomic E-state index is 12.5. The van der Waals surface area contributed by atoms with Gasteiger partial charge < -0.3 is 15.2 Å². The molecule has 28 heavy (non-hydrogen) atoms. The zero-order valence-electron chi connectivity index (χ0n) is 15.0. The molecule has 1 amide bonds. The lowest BCUT2D eigenvalue weighted by atomic mass is 10.2. The quantitative estimate of drug-likeness (QED) is 0.553. The Morgan fingerprint density at radius 3 is 2.61 bits per heavy atom. The maximum atomic E-state index is 12.5. The lowest BCUT2D eigenvalue weighted by Gasteiger charge is -2.17. The fourth-order valence-corrected chi connectivity index (χ4v) is 3.75. The second-order valence-corrected chi connectivity index (χ2v) is 7.65. The summed E-state index contributed by atoms with van der Waals surface area (Å²) in [4.78, 5) is 16.6. The molecular formula is C19H19N3O5S. The topological polar surface area (TPSA) is 118 Å². The number of aliphatic hydroxyl groups is 1. The minimum Gasteiger partial charge on any atom is -0.497 e. The van der Waals surface area contributed by atoms with Crippen molar-refractivity contribution in [1.29, 1.82) is 0 Å². The molecule has 0 radical (unpaired) electrons. The van der Waals surface area contributed by atoms with Crippen LogP contribution in [0, 0.1) is 0 Å². The largest absolute Gasteiger partial charge is 0.497 e. The highest BCUT2D eigenvalue weighted by Crippen LogP contribution is 2.18.